The van der Waals surface area contributed by atoms with Crippen LogP contribution >= 0.6 is 11.6 Å². The average molecular weight is 302 g/mol. The molecule has 21 heavy (non-hydrogen) atoms. The third kappa shape index (κ3) is 2.85. The summed E-state index contributed by atoms with van der Waals surface area (Å²) >= 11 is 5.89. The van der Waals surface area contributed by atoms with Crippen LogP contribution in [0.4, 0.5) is 4.39 Å². The minimum Gasteiger partial charge on any atom is -0.402 e. The Bertz CT molecular complexity index is 783. The van der Waals surface area contributed by atoms with E-state index in [9.17, 15) is 9.18 Å². The van der Waals surface area contributed by atoms with Gasteiger partial charge in [0, 0.05) is 16.1 Å². The molecule has 0 aromatic heterocycles. The lowest BCUT2D eigenvalue weighted by atomic mass is 10.2. The van der Waals surface area contributed by atoms with E-state index in [2.05, 4.69) is 4.99 Å². The molecular weight excluding hydrogens is 293 g/mol. The highest BCUT2D eigenvalue weighted by Crippen LogP contribution is 2.21. The first-order valence-corrected chi connectivity index (χ1v) is 6.54. The second-order valence-electron chi connectivity index (χ2n) is 4.37. The van der Waals surface area contributed by atoms with E-state index in [0.717, 1.165) is 0 Å². The SMILES string of the molecule is O=C1OC(c2cccc(Cl)c2)=N/C1=C\c1ccccc1F. The van der Waals surface area contributed by atoms with Crippen LogP contribution in [-0.4, -0.2) is 11.9 Å². The van der Waals surface area contributed by atoms with E-state index < -0.39 is 11.8 Å². The summed E-state index contributed by atoms with van der Waals surface area (Å²) in [6.45, 7) is 0. The Labute approximate surface area is 125 Å². The van der Waals surface area contributed by atoms with Crippen LogP contribution in [0.15, 0.2) is 59.2 Å². The smallest absolute Gasteiger partial charge is 0.363 e. The molecule has 5 heteroatoms. The topological polar surface area (TPSA) is 38.7 Å². The molecule has 0 saturated heterocycles. The van der Waals surface area contributed by atoms with Crippen molar-refractivity contribution < 1.29 is 13.9 Å². The van der Waals surface area contributed by atoms with Crippen LogP contribution in [0, 0.1) is 5.82 Å². The maximum Gasteiger partial charge on any atom is 0.363 e. The molecule has 0 saturated carbocycles. The van der Waals surface area contributed by atoms with Crippen molar-refractivity contribution in [3.63, 3.8) is 0 Å². The first-order valence-electron chi connectivity index (χ1n) is 6.16. The van der Waals surface area contributed by atoms with Crippen LogP contribution in [-0.2, 0) is 9.53 Å². The fourth-order valence-electron chi connectivity index (χ4n) is 1.89. The monoisotopic (exact) mass is 301 g/mol. The van der Waals surface area contributed by atoms with E-state index in [4.69, 9.17) is 16.3 Å². The van der Waals surface area contributed by atoms with Gasteiger partial charge in [0.25, 0.3) is 0 Å². The van der Waals surface area contributed by atoms with Gasteiger partial charge in [0.05, 0.1) is 0 Å². The molecule has 1 heterocycles. The maximum atomic E-state index is 13.6. The lowest BCUT2D eigenvalue weighted by Gasteiger charge is -1.99. The number of hydrogen-bond acceptors (Lipinski definition) is 3. The van der Waals surface area contributed by atoms with E-state index in [-0.39, 0.29) is 17.2 Å². The molecule has 0 atom stereocenters. The quantitative estimate of drug-likeness (QED) is 0.625. The van der Waals surface area contributed by atoms with Gasteiger partial charge >= 0.3 is 5.97 Å². The maximum absolute atomic E-state index is 13.6. The van der Waals surface area contributed by atoms with E-state index in [1.54, 1.807) is 42.5 Å². The van der Waals surface area contributed by atoms with Crippen LogP contribution in [0.5, 0.6) is 0 Å². The summed E-state index contributed by atoms with van der Waals surface area (Å²) in [5.74, 6) is -0.887. The zero-order valence-electron chi connectivity index (χ0n) is 10.7. The summed E-state index contributed by atoms with van der Waals surface area (Å²) in [5.41, 5.74) is 0.920. The molecule has 2 aromatic rings. The van der Waals surface area contributed by atoms with Crippen molar-refractivity contribution in [2.24, 2.45) is 4.99 Å². The largest absolute Gasteiger partial charge is 0.402 e. The molecule has 2 aromatic carbocycles. The number of ether oxygens (including phenoxy) is 1. The first kappa shape index (κ1) is 13.5. The molecule has 3 nitrogen and oxygen atoms in total. The molecule has 0 spiro atoms. The first-order chi connectivity index (χ1) is 10.1. The fourth-order valence-corrected chi connectivity index (χ4v) is 2.08. The third-order valence-electron chi connectivity index (χ3n) is 2.89. The zero-order chi connectivity index (χ0) is 14.8. The number of cyclic esters (lactones) is 1. The van der Waals surface area contributed by atoms with Crippen molar-refractivity contribution in [1.82, 2.24) is 0 Å². The number of esters is 1. The predicted molar refractivity (Wildman–Crippen MR) is 78.5 cm³/mol. The molecule has 0 amide bonds. The Morgan fingerprint density at radius 1 is 1.14 bits per heavy atom. The molecule has 0 aliphatic carbocycles. The van der Waals surface area contributed by atoms with Crippen LogP contribution < -0.4 is 0 Å². The van der Waals surface area contributed by atoms with Gasteiger partial charge < -0.3 is 4.74 Å². The molecular formula is C16H9ClFNO2. The van der Waals surface area contributed by atoms with Crippen molar-refractivity contribution in [1.29, 1.82) is 0 Å². The van der Waals surface area contributed by atoms with Crippen LogP contribution in [0.1, 0.15) is 11.1 Å². The number of carbonyl (C=O) groups excluding carboxylic acids is 1. The molecule has 104 valence electrons. The van der Waals surface area contributed by atoms with Crippen molar-refractivity contribution in [3.8, 4) is 0 Å². The number of halogens is 2. The van der Waals surface area contributed by atoms with Crippen molar-refractivity contribution in [2.45, 2.75) is 0 Å². The van der Waals surface area contributed by atoms with Crippen LogP contribution in [0.25, 0.3) is 6.08 Å². The van der Waals surface area contributed by atoms with Crippen LogP contribution in [0.2, 0.25) is 5.02 Å². The summed E-state index contributed by atoms with van der Waals surface area (Å²) in [6.07, 6.45) is 1.36. The Kier molecular flexibility index (Phi) is 3.54. The molecule has 0 fully saturated rings. The molecule has 0 bridgehead atoms. The number of aliphatic imine (C=N–C) groups is 1. The van der Waals surface area contributed by atoms with Crippen molar-refractivity contribution in [3.05, 3.63) is 76.2 Å². The van der Waals surface area contributed by atoms with Crippen molar-refractivity contribution in [2.75, 3.05) is 0 Å². The van der Waals surface area contributed by atoms with Gasteiger partial charge in [0.15, 0.2) is 5.70 Å². The number of benzene rings is 2. The molecule has 1 aliphatic heterocycles. The molecule has 3 rings (SSSR count). The lowest BCUT2D eigenvalue weighted by Crippen LogP contribution is -2.05. The van der Waals surface area contributed by atoms with E-state index >= 15 is 0 Å². The van der Waals surface area contributed by atoms with Gasteiger partial charge in [-0.1, -0.05) is 35.9 Å². The third-order valence-corrected chi connectivity index (χ3v) is 3.12. The summed E-state index contributed by atoms with van der Waals surface area (Å²) in [4.78, 5) is 15.9. The predicted octanol–water partition coefficient (Wildman–Crippen LogP) is 3.82. The Balaban J connectivity index is 1.98. The van der Waals surface area contributed by atoms with Gasteiger partial charge in [0.1, 0.15) is 5.82 Å². The van der Waals surface area contributed by atoms with Gasteiger partial charge in [-0.15, -0.1) is 0 Å². The summed E-state index contributed by atoms with van der Waals surface area (Å²) in [7, 11) is 0. The zero-order valence-corrected chi connectivity index (χ0v) is 11.5. The van der Waals surface area contributed by atoms with Gasteiger partial charge in [0.2, 0.25) is 5.90 Å². The molecule has 0 N–H and O–H groups in total. The number of nitrogens with zero attached hydrogens (tertiary/aromatic N) is 1. The second kappa shape index (κ2) is 5.50. The standard InChI is InChI=1S/C16H9ClFNO2/c17-12-6-3-5-11(8-12)15-19-14(16(20)21-15)9-10-4-1-2-7-13(10)18/h1-9H/b14-9-. The minimum atomic E-state index is -0.617. The Morgan fingerprint density at radius 3 is 2.71 bits per heavy atom. The summed E-state index contributed by atoms with van der Waals surface area (Å²) in [6, 6.07) is 12.9. The molecule has 1 aliphatic rings. The average Bonchev–Trinajstić information content (AvgIpc) is 2.83. The van der Waals surface area contributed by atoms with Crippen molar-refractivity contribution >= 4 is 29.5 Å². The van der Waals surface area contributed by atoms with E-state index in [1.165, 1.54) is 12.1 Å². The highest BCUT2D eigenvalue weighted by Gasteiger charge is 2.24. The minimum absolute atomic E-state index is 0.0510. The van der Waals surface area contributed by atoms with Gasteiger partial charge in [-0.3, -0.25) is 0 Å². The summed E-state index contributed by atoms with van der Waals surface area (Å²) < 4.78 is 18.7. The lowest BCUT2D eigenvalue weighted by molar-refractivity contribution is -0.129. The van der Waals surface area contributed by atoms with Crippen LogP contribution in [0.3, 0.4) is 0 Å². The van der Waals surface area contributed by atoms with Gasteiger partial charge in [-0.05, 0) is 30.3 Å². The number of hydrogen-bond donors (Lipinski definition) is 0. The normalized spacial score (nSPS) is 16.0. The Hall–Kier alpha value is -2.46. The highest BCUT2D eigenvalue weighted by atomic mass is 35.5. The summed E-state index contributed by atoms with van der Waals surface area (Å²) in [5, 5.41) is 0.512. The van der Waals surface area contributed by atoms with E-state index in [0.29, 0.717) is 10.6 Å². The number of rotatable bonds is 2. The molecule has 0 unspecified atom stereocenters. The highest BCUT2D eigenvalue weighted by molar-refractivity contribution is 6.31. The van der Waals surface area contributed by atoms with Gasteiger partial charge in [-0.25, -0.2) is 14.2 Å². The fraction of sp³-hybridized carbons (Fsp3) is 0. The number of carbonyl (C=O) groups is 1. The van der Waals surface area contributed by atoms with Gasteiger partial charge in [-0.2, -0.15) is 0 Å². The second-order valence-corrected chi connectivity index (χ2v) is 4.80. The molecule has 0 radical (unpaired) electrons. The van der Waals surface area contributed by atoms with E-state index in [1.807, 2.05) is 0 Å². The Morgan fingerprint density at radius 2 is 1.95 bits per heavy atom.